The number of piperidine rings is 1. The minimum Gasteiger partial charge on any atom is -0.296 e. The number of nitrogens with zero attached hydrogens (tertiary/aromatic N) is 1. The second-order valence-corrected chi connectivity index (χ2v) is 4.36. The molecule has 2 rings (SSSR count). The Balaban J connectivity index is 1.80. The summed E-state index contributed by atoms with van der Waals surface area (Å²) in [5, 5.41) is 3.21. The molecule has 0 aromatic heterocycles. The van der Waals surface area contributed by atoms with E-state index in [4.69, 9.17) is 0 Å². The summed E-state index contributed by atoms with van der Waals surface area (Å²) < 4.78 is 0. The summed E-state index contributed by atoms with van der Waals surface area (Å²) in [6.07, 6.45) is 8.19. The van der Waals surface area contributed by atoms with Crippen LogP contribution in [0.1, 0.15) is 31.2 Å². The van der Waals surface area contributed by atoms with E-state index in [9.17, 15) is 5.73 Å². The van der Waals surface area contributed by atoms with Crippen LogP contribution in [0.25, 0.3) is 6.08 Å². The summed E-state index contributed by atoms with van der Waals surface area (Å²) in [4.78, 5) is 0. The Hall–Kier alpha value is -1.12. The maximum absolute atomic E-state index is 9.46. The van der Waals surface area contributed by atoms with Crippen molar-refractivity contribution in [2.24, 2.45) is 0 Å². The molecule has 1 fully saturated rings. The molecule has 1 heterocycles. The Morgan fingerprint density at radius 2 is 2.06 bits per heavy atom. The van der Waals surface area contributed by atoms with Crippen molar-refractivity contribution in [1.29, 1.82) is 0 Å². The van der Waals surface area contributed by atoms with E-state index in [1.165, 1.54) is 5.56 Å². The third-order valence-electron chi connectivity index (χ3n) is 2.99. The zero-order valence-electron chi connectivity index (χ0n) is 9.47. The second-order valence-electron chi connectivity index (χ2n) is 4.36. The molecule has 0 aliphatic carbocycles. The third kappa shape index (κ3) is 3.47. The molecule has 1 aromatic rings. The molecule has 16 heavy (non-hydrogen) atoms. The summed E-state index contributed by atoms with van der Waals surface area (Å²) in [5.74, 6) is 0. The molecule has 1 aliphatic rings. The SMILES string of the molecule is [N]C1CCCC(CC=Cc2ccccc2)N1. The van der Waals surface area contributed by atoms with Crippen LogP contribution >= 0.6 is 0 Å². The minimum absolute atomic E-state index is 0.302. The number of benzene rings is 1. The van der Waals surface area contributed by atoms with E-state index >= 15 is 0 Å². The summed E-state index contributed by atoms with van der Waals surface area (Å²) in [6, 6.07) is 10.7. The lowest BCUT2D eigenvalue weighted by atomic mass is 10.00. The van der Waals surface area contributed by atoms with Gasteiger partial charge in [0.1, 0.15) is 0 Å². The van der Waals surface area contributed by atoms with Gasteiger partial charge in [-0.25, -0.2) is 0 Å². The highest BCUT2D eigenvalue weighted by Gasteiger charge is 2.17. The summed E-state index contributed by atoms with van der Waals surface area (Å²) in [6.45, 7) is 0. The molecule has 2 heteroatoms. The molecule has 0 spiro atoms. The van der Waals surface area contributed by atoms with Gasteiger partial charge in [0.05, 0.1) is 6.17 Å². The van der Waals surface area contributed by atoms with Crippen molar-refractivity contribution >= 4 is 6.08 Å². The van der Waals surface area contributed by atoms with E-state index in [2.05, 4.69) is 29.6 Å². The molecule has 2 unspecified atom stereocenters. The molecule has 0 amide bonds. The van der Waals surface area contributed by atoms with E-state index < -0.39 is 0 Å². The number of hydrogen-bond donors (Lipinski definition) is 1. The first-order valence-corrected chi connectivity index (χ1v) is 6.00. The zero-order valence-corrected chi connectivity index (χ0v) is 9.47. The zero-order chi connectivity index (χ0) is 11.2. The molecule has 1 N–H and O–H groups in total. The van der Waals surface area contributed by atoms with Crippen molar-refractivity contribution in [1.82, 2.24) is 11.1 Å². The van der Waals surface area contributed by atoms with Crippen molar-refractivity contribution in [3.8, 4) is 0 Å². The van der Waals surface area contributed by atoms with Gasteiger partial charge < -0.3 is 0 Å². The maximum atomic E-state index is 9.46. The first kappa shape index (κ1) is 11.4. The Morgan fingerprint density at radius 3 is 2.81 bits per heavy atom. The van der Waals surface area contributed by atoms with Crippen LogP contribution in [0.3, 0.4) is 0 Å². The van der Waals surface area contributed by atoms with Crippen molar-refractivity contribution in [3.63, 3.8) is 0 Å². The van der Waals surface area contributed by atoms with Crippen molar-refractivity contribution < 1.29 is 0 Å². The molecule has 0 saturated carbocycles. The number of hydrogen-bond acceptors (Lipinski definition) is 1. The summed E-state index contributed by atoms with van der Waals surface area (Å²) >= 11 is 0. The van der Waals surface area contributed by atoms with E-state index in [0.717, 1.165) is 25.7 Å². The average Bonchev–Trinajstić information content (AvgIpc) is 2.30. The van der Waals surface area contributed by atoms with Crippen molar-refractivity contribution in [2.75, 3.05) is 0 Å². The first-order chi connectivity index (χ1) is 7.84. The number of rotatable bonds is 3. The van der Waals surface area contributed by atoms with Crippen LogP contribution in [0.2, 0.25) is 0 Å². The van der Waals surface area contributed by atoms with Crippen LogP contribution in [0, 0.1) is 0 Å². The highest BCUT2D eigenvalue weighted by molar-refractivity contribution is 5.48. The van der Waals surface area contributed by atoms with Crippen LogP contribution in [-0.4, -0.2) is 12.2 Å². The minimum atomic E-state index is -0.302. The topological polar surface area (TPSA) is 34.3 Å². The van der Waals surface area contributed by atoms with Gasteiger partial charge >= 0.3 is 0 Å². The van der Waals surface area contributed by atoms with E-state index in [1.54, 1.807) is 0 Å². The van der Waals surface area contributed by atoms with Crippen LogP contribution in [0.5, 0.6) is 0 Å². The van der Waals surface area contributed by atoms with Gasteiger partial charge in [-0.3, -0.25) is 5.32 Å². The molecule has 1 saturated heterocycles. The van der Waals surface area contributed by atoms with E-state index in [0.29, 0.717) is 6.04 Å². The van der Waals surface area contributed by atoms with Gasteiger partial charge in [0, 0.05) is 6.04 Å². The lowest BCUT2D eigenvalue weighted by molar-refractivity contribution is 0.320. The molecule has 2 radical (unpaired) electrons. The Morgan fingerprint density at radius 1 is 1.25 bits per heavy atom. The lowest BCUT2D eigenvalue weighted by Crippen LogP contribution is -2.42. The first-order valence-electron chi connectivity index (χ1n) is 6.00. The van der Waals surface area contributed by atoms with Gasteiger partial charge in [-0.1, -0.05) is 42.5 Å². The molecule has 0 bridgehead atoms. The van der Waals surface area contributed by atoms with Crippen LogP contribution in [-0.2, 0) is 0 Å². The normalized spacial score (nSPS) is 26.1. The van der Waals surface area contributed by atoms with Crippen LogP contribution in [0.4, 0.5) is 0 Å². The predicted octanol–water partition coefficient (Wildman–Crippen LogP) is 2.63. The maximum Gasteiger partial charge on any atom is 0.0928 e. The smallest absolute Gasteiger partial charge is 0.0928 e. The molecule has 1 aliphatic heterocycles. The number of nitrogens with one attached hydrogen (secondary N) is 1. The molecule has 1 aromatic carbocycles. The van der Waals surface area contributed by atoms with E-state index in [-0.39, 0.29) is 6.17 Å². The van der Waals surface area contributed by atoms with Crippen LogP contribution in [0.15, 0.2) is 36.4 Å². The fourth-order valence-electron chi connectivity index (χ4n) is 2.11. The molecular weight excluding hydrogens is 196 g/mol. The summed E-state index contributed by atoms with van der Waals surface area (Å²) in [7, 11) is 0. The van der Waals surface area contributed by atoms with E-state index in [1.807, 2.05) is 18.2 Å². The highest BCUT2D eigenvalue weighted by atomic mass is 15.1. The Bertz CT molecular complexity index is 332. The predicted molar refractivity (Wildman–Crippen MR) is 66.8 cm³/mol. The van der Waals surface area contributed by atoms with Gasteiger partial charge in [-0.2, -0.15) is 0 Å². The third-order valence-corrected chi connectivity index (χ3v) is 2.99. The quantitative estimate of drug-likeness (QED) is 0.824. The lowest BCUT2D eigenvalue weighted by Gasteiger charge is -2.26. The van der Waals surface area contributed by atoms with Crippen LogP contribution < -0.4 is 11.1 Å². The fraction of sp³-hybridized carbons (Fsp3) is 0.429. The Labute approximate surface area is 97.5 Å². The van der Waals surface area contributed by atoms with Gasteiger partial charge in [0.2, 0.25) is 0 Å². The summed E-state index contributed by atoms with van der Waals surface area (Å²) in [5.41, 5.74) is 10.7. The Kier molecular flexibility index (Phi) is 4.14. The monoisotopic (exact) mass is 214 g/mol. The van der Waals surface area contributed by atoms with Gasteiger partial charge in [-0.05, 0) is 31.2 Å². The highest BCUT2D eigenvalue weighted by Crippen LogP contribution is 2.14. The second kappa shape index (κ2) is 5.83. The van der Waals surface area contributed by atoms with Crippen molar-refractivity contribution in [2.45, 2.75) is 37.9 Å². The molecule has 2 nitrogen and oxygen atoms in total. The molecular formula is C14H18N2. The molecule has 2 atom stereocenters. The average molecular weight is 214 g/mol. The largest absolute Gasteiger partial charge is 0.296 e. The molecule has 84 valence electrons. The fourth-order valence-corrected chi connectivity index (χ4v) is 2.11. The van der Waals surface area contributed by atoms with Gasteiger partial charge in [-0.15, -0.1) is 5.73 Å². The van der Waals surface area contributed by atoms with Crippen molar-refractivity contribution in [3.05, 3.63) is 42.0 Å². The standard InChI is InChI=1S/C14H18N2/c15-14-11-5-10-13(16-14)9-4-8-12-6-2-1-3-7-12/h1-4,6-8,13-14,16H,5,9-11H2. The van der Waals surface area contributed by atoms with Gasteiger partial charge in [0.15, 0.2) is 0 Å². The van der Waals surface area contributed by atoms with Gasteiger partial charge in [0.25, 0.3) is 0 Å².